The predicted octanol–water partition coefficient (Wildman–Crippen LogP) is 3.10. The third kappa shape index (κ3) is 10.4. The highest BCUT2D eigenvalue weighted by atomic mass is 16.7. The summed E-state index contributed by atoms with van der Waals surface area (Å²) in [6.07, 6.45) is 9.80. The van der Waals surface area contributed by atoms with Crippen LogP contribution < -0.4 is 10.6 Å². The van der Waals surface area contributed by atoms with Gasteiger partial charge in [0.1, 0.15) is 6.10 Å². The van der Waals surface area contributed by atoms with Crippen LogP contribution in [0.1, 0.15) is 49.8 Å². The summed E-state index contributed by atoms with van der Waals surface area (Å²) < 4.78 is 22.5. The molecule has 34 heavy (non-hydrogen) atoms. The summed E-state index contributed by atoms with van der Waals surface area (Å²) in [6.45, 7) is 8.69. The highest BCUT2D eigenvalue weighted by molar-refractivity contribution is 5.87. The molecule has 0 radical (unpaired) electrons. The van der Waals surface area contributed by atoms with E-state index in [-0.39, 0.29) is 45.3 Å². The molecule has 0 saturated carbocycles. The number of carbonyl (C=O) groups is 2. The molecule has 2 aliphatic rings. The number of alkyl carbamates (subject to hydrolysis) is 1. The van der Waals surface area contributed by atoms with Gasteiger partial charge in [0.2, 0.25) is 5.91 Å². The first-order chi connectivity index (χ1) is 16.1. The molecule has 2 saturated heterocycles. The van der Waals surface area contributed by atoms with Gasteiger partial charge in [0.15, 0.2) is 6.29 Å². The molecule has 0 aromatic heterocycles. The van der Waals surface area contributed by atoms with Crippen molar-refractivity contribution in [2.45, 2.75) is 77.1 Å². The molecule has 2 amide bonds. The Labute approximate surface area is 205 Å². The van der Waals surface area contributed by atoms with Crippen molar-refractivity contribution < 1.29 is 36.5 Å². The van der Waals surface area contributed by atoms with Crippen LogP contribution >= 0.6 is 0 Å². The van der Waals surface area contributed by atoms with E-state index in [0.29, 0.717) is 19.6 Å². The molecule has 0 aromatic rings. The number of carbonyl (C=O) groups excluding carboxylic acids is 2. The fourth-order valence-corrected chi connectivity index (χ4v) is 3.98. The Morgan fingerprint density at radius 1 is 1.26 bits per heavy atom. The monoisotopic (exact) mass is 484 g/mol. The lowest BCUT2D eigenvalue weighted by atomic mass is 9.86. The first-order valence-corrected chi connectivity index (χ1v) is 11.8. The van der Waals surface area contributed by atoms with E-state index in [1.54, 1.807) is 6.92 Å². The Morgan fingerprint density at radius 2 is 1.97 bits per heavy atom. The van der Waals surface area contributed by atoms with Crippen LogP contribution in [0.3, 0.4) is 0 Å². The molecule has 2 rings (SSSR count). The number of amides is 2. The fourth-order valence-electron chi connectivity index (χ4n) is 3.98. The third-order valence-electron chi connectivity index (χ3n) is 5.61. The van der Waals surface area contributed by atoms with Gasteiger partial charge in [0.25, 0.3) is 0 Å². The van der Waals surface area contributed by atoms with Crippen LogP contribution in [-0.2, 0) is 23.7 Å². The fraction of sp³-hybridized carbons (Fsp3) is 0.680. The molecule has 196 valence electrons. The number of aliphatic hydroxyl groups excluding tert-OH is 1. The third-order valence-corrected chi connectivity index (χ3v) is 5.61. The summed E-state index contributed by atoms with van der Waals surface area (Å²) in [5.41, 5.74) is 0.842. The van der Waals surface area contributed by atoms with E-state index in [0.717, 1.165) is 18.4 Å². The molecule has 9 nitrogen and oxygen atoms in total. The minimum absolute atomic E-state index is 0. The summed E-state index contributed by atoms with van der Waals surface area (Å²) >= 11 is 0. The van der Waals surface area contributed by atoms with E-state index in [1.165, 1.54) is 19.2 Å². The van der Waals surface area contributed by atoms with Gasteiger partial charge in [0, 0.05) is 29.0 Å². The summed E-state index contributed by atoms with van der Waals surface area (Å²) in [6, 6.07) is -0.250. The van der Waals surface area contributed by atoms with E-state index in [1.807, 2.05) is 19.1 Å². The van der Waals surface area contributed by atoms with Gasteiger partial charge in [-0.15, -0.1) is 0 Å². The molecule has 3 atom stereocenters. The maximum absolute atomic E-state index is 12.0. The molecule has 0 unspecified atom stereocenters. The lowest BCUT2D eigenvalue weighted by Gasteiger charge is -2.39. The van der Waals surface area contributed by atoms with Crippen LogP contribution in [0.4, 0.5) is 4.79 Å². The Morgan fingerprint density at radius 3 is 2.62 bits per heavy atom. The molecule has 0 aliphatic carbocycles. The standard InChI is InChI=1S/C25H40N2O7.2H2/c1-17(6-9-21-12-19(14-28)13-25(3,4)34-21)7-11-23-31-15-20(16-32-23)27-22(29)10-8-18(2)33-24(30)26-5;;/h6-10,18-21,23,28H,11-16H2,1-5H3,(H,26,30)(H,27,29);2*1H/b9-6+,10-8-,17-7+;;/t18-,19-,20?,21+,23?;;/m0../s1. The van der Waals surface area contributed by atoms with Crippen LogP contribution in [0.2, 0.25) is 0 Å². The van der Waals surface area contributed by atoms with Crippen molar-refractivity contribution >= 4 is 12.0 Å². The second-order valence-electron chi connectivity index (χ2n) is 9.47. The largest absolute Gasteiger partial charge is 0.442 e. The van der Waals surface area contributed by atoms with Crippen molar-refractivity contribution in [1.82, 2.24) is 10.6 Å². The molecule has 2 heterocycles. The van der Waals surface area contributed by atoms with Crippen molar-refractivity contribution in [3.05, 3.63) is 36.0 Å². The Balaban J connectivity index is 0.00000612. The second kappa shape index (κ2) is 13.6. The molecule has 2 fully saturated rings. The van der Waals surface area contributed by atoms with E-state index in [2.05, 4.69) is 30.6 Å². The number of aliphatic hydroxyl groups is 1. The van der Waals surface area contributed by atoms with E-state index in [9.17, 15) is 14.7 Å². The lowest BCUT2D eigenvalue weighted by Crippen LogP contribution is -2.46. The van der Waals surface area contributed by atoms with E-state index < -0.39 is 12.2 Å². The quantitative estimate of drug-likeness (QED) is 0.340. The number of allylic oxidation sites excluding steroid dienone is 2. The average Bonchev–Trinajstić information content (AvgIpc) is 2.79. The zero-order valence-electron chi connectivity index (χ0n) is 20.9. The van der Waals surface area contributed by atoms with E-state index >= 15 is 0 Å². The number of nitrogens with one attached hydrogen (secondary N) is 2. The highest BCUT2D eigenvalue weighted by Crippen LogP contribution is 2.32. The summed E-state index contributed by atoms with van der Waals surface area (Å²) in [5, 5.41) is 14.7. The molecule has 0 spiro atoms. The second-order valence-corrected chi connectivity index (χ2v) is 9.47. The SMILES string of the molecule is CNC(=O)O[C@@H](C)/C=C\C(=O)NC1COC(C/C=C(C)/C=C/[C@@H]2C[C@H](CO)CC(C)(C)O2)OC1.[HH].[HH]. The molecule has 9 heteroatoms. The molecule has 0 aromatic carbocycles. The van der Waals surface area contributed by atoms with Gasteiger partial charge >= 0.3 is 6.09 Å². The van der Waals surface area contributed by atoms with Crippen LogP contribution in [0.5, 0.6) is 0 Å². The van der Waals surface area contributed by atoms with Crippen molar-refractivity contribution in [3.63, 3.8) is 0 Å². The summed E-state index contributed by atoms with van der Waals surface area (Å²) in [4.78, 5) is 23.2. The van der Waals surface area contributed by atoms with Crippen LogP contribution in [-0.4, -0.2) is 74.1 Å². The van der Waals surface area contributed by atoms with Crippen molar-refractivity contribution in [3.8, 4) is 0 Å². The topological polar surface area (TPSA) is 115 Å². The van der Waals surface area contributed by atoms with Crippen molar-refractivity contribution in [2.75, 3.05) is 26.9 Å². The van der Waals surface area contributed by atoms with E-state index in [4.69, 9.17) is 18.9 Å². The molecular weight excluding hydrogens is 440 g/mol. The smallest absolute Gasteiger partial charge is 0.407 e. The van der Waals surface area contributed by atoms with Gasteiger partial charge in [0.05, 0.1) is 31.0 Å². The summed E-state index contributed by atoms with van der Waals surface area (Å²) in [5.74, 6) is -0.0459. The van der Waals surface area contributed by atoms with Crippen LogP contribution in [0.15, 0.2) is 36.0 Å². The first-order valence-electron chi connectivity index (χ1n) is 11.8. The van der Waals surface area contributed by atoms with Gasteiger partial charge < -0.3 is 34.7 Å². The number of ether oxygens (including phenoxy) is 4. The van der Waals surface area contributed by atoms with Gasteiger partial charge in [-0.2, -0.15) is 0 Å². The van der Waals surface area contributed by atoms with Gasteiger partial charge in [-0.3, -0.25) is 4.79 Å². The van der Waals surface area contributed by atoms with Crippen LogP contribution in [0.25, 0.3) is 0 Å². The minimum Gasteiger partial charge on any atom is -0.442 e. The van der Waals surface area contributed by atoms with Gasteiger partial charge in [-0.05, 0) is 52.5 Å². The number of hydrogen-bond acceptors (Lipinski definition) is 7. The zero-order valence-corrected chi connectivity index (χ0v) is 20.9. The Hall–Kier alpha value is -2.20. The molecule has 3 N–H and O–H groups in total. The summed E-state index contributed by atoms with van der Waals surface area (Å²) in [7, 11) is 1.47. The average molecular weight is 485 g/mol. The van der Waals surface area contributed by atoms with Crippen molar-refractivity contribution in [1.29, 1.82) is 0 Å². The first kappa shape index (κ1) is 28.0. The van der Waals surface area contributed by atoms with Crippen molar-refractivity contribution in [2.24, 2.45) is 5.92 Å². The Kier molecular flexibility index (Phi) is 11.2. The maximum Gasteiger partial charge on any atom is 0.407 e. The Bertz CT molecular complexity index is 766. The maximum atomic E-state index is 12.0. The van der Waals surface area contributed by atoms with Gasteiger partial charge in [-0.1, -0.05) is 23.8 Å². The molecule has 0 bridgehead atoms. The lowest BCUT2D eigenvalue weighted by molar-refractivity contribution is -0.187. The zero-order chi connectivity index (χ0) is 25.1. The predicted molar refractivity (Wildman–Crippen MR) is 132 cm³/mol. The number of rotatable bonds is 9. The van der Waals surface area contributed by atoms with Crippen LogP contribution in [0, 0.1) is 5.92 Å². The minimum atomic E-state index is -0.556. The molecule has 2 aliphatic heterocycles. The molecular formula is C25H44N2O7. The normalized spacial score (nSPS) is 28.6. The highest BCUT2D eigenvalue weighted by Gasteiger charge is 2.33. The van der Waals surface area contributed by atoms with Gasteiger partial charge in [-0.25, -0.2) is 4.79 Å². The number of hydrogen-bond donors (Lipinski definition) is 3.